The molecule has 0 fully saturated rings. The highest BCUT2D eigenvalue weighted by atomic mass is 16.5. The van der Waals surface area contributed by atoms with E-state index >= 15 is 0 Å². The quantitative estimate of drug-likeness (QED) is 0.646. The van der Waals surface area contributed by atoms with Crippen molar-refractivity contribution in [3.63, 3.8) is 0 Å². The zero-order valence-corrected chi connectivity index (χ0v) is 10.2. The number of esters is 1. The molecule has 4 heteroatoms. The van der Waals surface area contributed by atoms with E-state index in [1.165, 1.54) is 0 Å². The molecular weight excluding hydrogens is 192 g/mol. The Balaban J connectivity index is 3.83. The molecule has 0 aliphatic heterocycles. The van der Waals surface area contributed by atoms with E-state index in [1.54, 1.807) is 0 Å². The van der Waals surface area contributed by atoms with E-state index in [-0.39, 0.29) is 18.6 Å². The highest BCUT2D eigenvalue weighted by Gasteiger charge is 2.18. The third-order valence-corrected chi connectivity index (χ3v) is 2.30. The van der Waals surface area contributed by atoms with Gasteiger partial charge in [0.1, 0.15) is 12.6 Å². The summed E-state index contributed by atoms with van der Waals surface area (Å²) in [6.45, 7) is 8.28. The Morgan fingerprint density at radius 2 is 1.73 bits per heavy atom. The third kappa shape index (κ3) is 6.47. The van der Waals surface area contributed by atoms with Crippen LogP contribution in [0.15, 0.2) is 0 Å². The van der Waals surface area contributed by atoms with Gasteiger partial charge in [0, 0.05) is 6.04 Å². The fourth-order valence-electron chi connectivity index (χ4n) is 1.08. The van der Waals surface area contributed by atoms with Crippen molar-refractivity contribution in [2.24, 2.45) is 23.3 Å². The highest BCUT2D eigenvalue weighted by molar-refractivity contribution is 5.75. The zero-order chi connectivity index (χ0) is 12.0. The molecule has 4 nitrogen and oxygen atoms in total. The van der Waals surface area contributed by atoms with E-state index in [9.17, 15) is 4.79 Å². The number of rotatable bonds is 6. The summed E-state index contributed by atoms with van der Waals surface area (Å²) in [6, 6.07) is -0.635. The van der Waals surface area contributed by atoms with Crippen LogP contribution in [0.3, 0.4) is 0 Å². The number of nitrogens with two attached hydrogens (primary N) is 2. The summed E-state index contributed by atoms with van der Waals surface area (Å²) in [7, 11) is 0. The van der Waals surface area contributed by atoms with Crippen LogP contribution in [-0.4, -0.2) is 24.7 Å². The number of hydrogen-bond donors (Lipinski definition) is 2. The fraction of sp³-hybridized carbons (Fsp3) is 0.909. The molecule has 0 aromatic carbocycles. The molecule has 0 aliphatic rings. The lowest BCUT2D eigenvalue weighted by molar-refractivity contribution is -0.146. The van der Waals surface area contributed by atoms with Crippen molar-refractivity contribution in [3.8, 4) is 0 Å². The van der Waals surface area contributed by atoms with Crippen LogP contribution in [0.25, 0.3) is 0 Å². The first-order chi connectivity index (χ1) is 6.84. The van der Waals surface area contributed by atoms with Crippen molar-refractivity contribution in [3.05, 3.63) is 0 Å². The second kappa shape index (κ2) is 6.80. The molecule has 0 unspecified atom stereocenters. The van der Waals surface area contributed by atoms with Gasteiger partial charge < -0.3 is 16.2 Å². The second-order valence-corrected chi connectivity index (χ2v) is 4.77. The predicted octanol–water partition coefficient (Wildman–Crippen LogP) is 0.886. The summed E-state index contributed by atoms with van der Waals surface area (Å²) >= 11 is 0. The van der Waals surface area contributed by atoms with Gasteiger partial charge in [-0.05, 0) is 18.3 Å². The summed E-state index contributed by atoms with van der Waals surface area (Å²) in [5, 5.41) is 0. The Morgan fingerprint density at radius 3 is 2.13 bits per heavy atom. The van der Waals surface area contributed by atoms with E-state index in [1.807, 2.05) is 27.7 Å². The molecule has 0 aromatic rings. The van der Waals surface area contributed by atoms with E-state index < -0.39 is 6.04 Å². The largest absolute Gasteiger partial charge is 0.463 e. The second-order valence-electron chi connectivity index (χ2n) is 4.77. The predicted molar refractivity (Wildman–Crippen MR) is 61.2 cm³/mol. The number of ether oxygens (including phenoxy) is 1. The molecule has 90 valence electrons. The van der Waals surface area contributed by atoms with Crippen LogP contribution in [0.2, 0.25) is 0 Å². The minimum absolute atomic E-state index is 0.111. The topological polar surface area (TPSA) is 78.3 Å². The molecule has 0 aromatic heterocycles. The molecule has 0 bridgehead atoms. The van der Waals surface area contributed by atoms with Crippen molar-refractivity contribution in [1.82, 2.24) is 0 Å². The molecule has 2 atom stereocenters. The highest BCUT2D eigenvalue weighted by Crippen LogP contribution is 2.05. The molecule has 0 rings (SSSR count). The van der Waals surface area contributed by atoms with Gasteiger partial charge in [-0.25, -0.2) is 0 Å². The van der Waals surface area contributed by atoms with Gasteiger partial charge in [-0.15, -0.1) is 0 Å². The lowest BCUT2D eigenvalue weighted by Gasteiger charge is -2.18. The first kappa shape index (κ1) is 14.4. The molecule has 0 saturated carbocycles. The van der Waals surface area contributed by atoms with Crippen molar-refractivity contribution >= 4 is 5.97 Å². The Labute approximate surface area is 92.3 Å². The summed E-state index contributed by atoms with van der Waals surface area (Å²) < 4.78 is 5.04. The van der Waals surface area contributed by atoms with Crippen molar-refractivity contribution in [1.29, 1.82) is 0 Å². The normalized spacial score (nSPS) is 15.5. The zero-order valence-electron chi connectivity index (χ0n) is 10.2. The van der Waals surface area contributed by atoms with Gasteiger partial charge in [0.15, 0.2) is 0 Å². The number of carbonyl (C=O) groups excluding carboxylic acids is 1. The van der Waals surface area contributed by atoms with Gasteiger partial charge in [0.25, 0.3) is 0 Å². The minimum Gasteiger partial charge on any atom is -0.463 e. The Kier molecular flexibility index (Phi) is 6.52. The monoisotopic (exact) mass is 216 g/mol. The van der Waals surface area contributed by atoms with Crippen molar-refractivity contribution < 1.29 is 9.53 Å². The Bertz CT molecular complexity index is 193. The van der Waals surface area contributed by atoms with Crippen molar-refractivity contribution in [2.75, 3.05) is 6.61 Å². The summed E-state index contributed by atoms with van der Waals surface area (Å²) in [5.41, 5.74) is 11.4. The van der Waals surface area contributed by atoms with Gasteiger partial charge in [0.05, 0.1) is 0 Å². The van der Waals surface area contributed by atoms with Crippen LogP contribution in [-0.2, 0) is 9.53 Å². The van der Waals surface area contributed by atoms with Crippen LogP contribution in [0.4, 0.5) is 0 Å². The molecule has 0 radical (unpaired) electrons. The molecule has 0 heterocycles. The maximum absolute atomic E-state index is 11.4. The van der Waals surface area contributed by atoms with E-state index in [0.717, 1.165) is 0 Å². The standard InChI is InChI=1S/C11H24N2O2/c1-7(2)5-9(12)11(14)15-6-10(13)8(3)4/h7-10H,5-6,12-13H2,1-4H3/t9-,10-/m0/s1. The number of hydrogen-bond acceptors (Lipinski definition) is 4. The number of carbonyl (C=O) groups is 1. The maximum Gasteiger partial charge on any atom is 0.322 e. The van der Waals surface area contributed by atoms with Crippen LogP contribution < -0.4 is 11.5 Å². The van der Waals surface area contributed by atoms with Gasteiger partial charge in [-0.1, -0.05) is 27.7 Å². The van der Waals surface area contributed by atoms with Gasteiger partial charge in [-0.2, -0.15) is 0 Å². The minimum atomic E-state index is -0.524. The van der Waals surface area contributed by atoms with Crippen LogP contribution in [0.5, 0.6) is 0 Å². The van der Waals surface area contributed by atoms with Crippen molar-refractivity contribution in [2.45, 2.75) is 46.2 Å². The molecule has 0 saturated heterocycles. The molecule has 0 spiro atoms. The molecule has 4 N–H and O–H groups in total. The average molecular weight is 216 g/mol. The smallest absolute Gasteiger partial charge is 0.322 e. The summed E-state index contributed by atoms with van der Waals surface area (Å²) in [4.78, 5) is 11.4. The molecule has 0 aliphatic carbocycles. The SMILES string of the molecule is CC(C)C[C@H](N)C(=O)OC[C@H](N)C(C)C. The first-order valence-electron chi connectivity index (χ1n) is 5.52. The maximum atomic E-state index is 11.4. The lowest BCUT2D eigenvalue weighted by Crippen LogP contribution is -2.38. The van der Waals surface area contributed by atoms with E-state index in [0.29, 0.717) is 18.3 Å². The summed E-state index contributed by atoms with van der Waals surface area (Å²) in [6.07, 6.45) is 0.649. The Hall–Kier alpha value is -0.610. The third-order valence-electron chi connectivity index (χ3n) is 2.30. The van der Waals surface area contributed by atoms with E-state index in [4.69, 9.17) is 16.2 Å². The lowest BCUT2D eigenvalue weighted by atomic mass is 10.0. The Morgan fingerprint density at radius 1 is 1.20 bits per heavy atom. The fourth-order valence-corrected chi connectivity index (χ4v) is 1.08. The van der Waals surface area contributed by atoms with Crippen LogP contribution in [0.1, 0.15) is 34.1 Å². The van der Waals surface area contributed by atoms with Gasteiger partial charge in [-0.3, -0.25) is 4.79 Å². The molecule has 0 amide bonds. The molecular formula is C11H24N2O2. The van der Waals surface area contributed by atoms with Gasteiger partial charge >= 0.3 is 5.97 Å². The van der Waals surface area contributed by atoms with Gasteiger partial charge in [0.2, 0.25) is 0 Å². The molecule has 15 heavy (non-hydrogen) atoms. The first-order valence-corrected chi connectivity index (χ1v) is 5.52. The summed E-state index contributed by atoms with van der Waals surface area (Å²) in [5.74, 6) is 0.352. The van der Waals surface area contributed by atoms with E-state index in [2.05, 4.69) is 0 Å². The van der Waals surface area contributed by atoms with Crippen LogP contribution >= 0.6 is 0 Å². The average Bonchev–Trinajstić information content (AvgIpc) is 2.12. The van der Waals surface area contributed by atoms with Crippen LogP contribution in [0, 0.1) is 11.8 Å².